The largest absolute Gasteiger partial charge is 0.460 e. The van der Waals surface area contributed by atoms with Crippen LogP contribution in [0.5, 0.6) is 0 Å². The topological polar surface area (TPSA) is 46.5 Å². The Morgan fingerprint density at radius 2 is 1.79 bits per heavy atom. The second kappa shape index (κ2) is 5.72. The average molecular weight is 335 g/mol. The summed E-state index contributed by atoms with van der Waals surface area (Å²) in [6, 6.07) is 0. The van der Waals surface area contributed by atoms with Crippen molar-refractivity contribution in [3.8, 4) is 0 Å². The van der Waals surface area contributed by atoms with Gasteiger partial charge in [0.15, 0.2) is 0 Å². The van der Waals surface area contributed by atoms with Crippen LogP contribution in [0.4, 0.5) is 0 Å². The first-order chi connectivity index (χ1) is 11.4. The Kier molecular flexibility index (Phi) is 4.02. The van der Waals surface area contributed by atoms with E-state index < -0.39 is 6.10 Å². The van der Waals surface area contributed by atoms with E-state index in [2.05, 4.69) is 13.8 Å². The number of hydrogen-bond donors (Lipinski definition) is 1. The van der Waals surface area contributed by atoms with Crippen molar-refractivity contribution in [3.63, 3.8) is 0 Å². The van der Waals surface area contributed by atoms with E-state index in [1.165, 1.54) is 51.9 Å². The Balaban J connectivity index is 1.60. The molecule has 1 N–H and O–H groups in total. The smallest absolute Gasteiger partial charge is 0.302 e. The molecule has 0 bridgehead atoms. The van der Waals surface area contributed by atoms with Crippen LogP contribution in [-0.2, 0) is 9.53 Å². The van der Waals surface area contributed by atoms with Gasteiger partial charge in [0.1, 0.15) is 6.10 Å². The number of aliphatic hydroxyl groups is 1. The molecule has 4 saturated carbocycles. The van der Waals surface area contributed by atoms with Gasteiger partial charge in [0.05, 0.1) is 6.10 Å². The maximum absolute atomic E-state index is 11.4. The predicted octanol–water partition coefficient (Wildman–Crippen LogP) is 4.32. The highest BCUT2D eigenvalue weighted by molar-refractivity contribution is 5.66. The standard InChI is InChI=1S/C21H34O3/c1-13(22)24-18-12-17-15-8-7-14-6-4-5-10-20(14,2)16(15)9-11-21(17,3)19(18)23/h14-19,23H,4-12H2,1-3H3/t14-,15-,16-,17-,18-,19-,20+,21-/m1/s1. The third-order valence-corrected chi connectivity index (χ3v) is 8.85. The molecular formula is C21H34O3. The molecule has 3 heteroatoms. The van der Waals surface area contributed by atoms with Crippen LogP contribution < -0.4 is 0 Å². The molecule has 4 fully saturated rings. The minimum absolute atomic E-state index is 0.0564. The fraction of sp³-hybridized carbons (Fsp3) is 0.952. The zero-order valence-corrected chi connectivity index (χ0v) is 15.6. The molecule has 0 aromatic rings. The van der Waals surface area contributed by atoms with E-state index in [0.717, 1.165) is 30.6 Å². The number of fused-ring (bicyclic) bond motifs is 5. The second-order valence-electron chi connectivity index (χ2n) is 9.78. The molecule has 4 aliphatic rings. The van der Waals surface area contributed by atoms with Gasteiger partial charge >= 0.3 is 5.97 Å². The number of rotatable bonds is 1. The molecule has 0 aliphatic heterocycles. The van der Waals surface area contributed by atoms with Crippen molar-refractivity contribution in [2.45, 2.75) is 90.8 Å². The summed E-state index contributed by atoms with van der Waals surface area (Å²) >= 11 is 0. The van der Waals surface area contributed by atoms with Crippen LogP contribution in [0.3, 0.4) is 0 Å². The zero-order chi connectivity index (χ0) is 17.1. The lowest BCUT2D eigenvalue weighted by Crippen LogP contribution is -2.53. The Hall–Kier alpha value is -0.570. The molecular weight excluding hydrogens is 300 g/mol. The Bertz CT molecular complexity index is 517. The van der Waals surface area contributed by atoms with Crippen molar-refractivity contribution >= 4 is 5.97 Å². The van der Waals surface area contributed by atoms with E-state index in [1.807, 2.05) is 0 Å². The Labute approximate surface area is 146 Å². The molecule has 3 nitrogen and oxygen atoms in total. The second-order valence-corrected chi connectivity index (χ2v) is 9.78. The molecule has 0 aromatic heterocycles. The highest BCUT2D eigenvalue weighted by atomic mass is 16.6. The summed E-state index contributed by atoms with van der Waals surface area (Å²) in [4.78, 5) is 11.4. The van der Waals surface area contributed by atoms with Gasteiger partial charge in [-0.2, -0.15) is 0 Å². The Morgan fingerprint density at radius 3 is 2.54 bits per heavy atom. The molecule has 4 aliphatic carbocycles. The minimum Gasteiger partial charge on any atom is -0.460 e. The van der Waals surface area contributed by atoms with Gasteiger partial charge in [0.2, 0.25) is 0 Å². The van der Waals surface area contributed by atoms with Gasteiger partial charge in [-0.1, -0.05) is 26.7 Å². The highest BCUT2D eigenvalue weighted by Crippen LogP contribution is 2.66. The van der Waals surface area contributed by atoms with Crippen LogP contribution in [-0.4, -0.2) is 23.3 Å². The van der Waals surface area contributed by atoms with Crippen LogP contribution in [0.15, 0.2) is 0 Å². The maximum atomic E-state index is 11.4. The van der Waals surface area contributed by atoms with Crippen molar-refractivity contribution in [1.82, 2.24) is 0 Å². The van der Waals surface area contributed by atoms with E-state index in [0.29, 0.717) is 11.3 Å². The van der Waals surface area contributed by atoms with Gasteiger partial charge in [-0.15, -0.1) is 0 Å². The Morgan fingerprint density at radius 1 is 1.00 bits per heavy atom. The van der Waals surface area contributed by atoms with Crippen LogP contribution in [0.1, 0.15) is 78.6 Å². The fourth-order valence-corrected chi connectivity index (χ4v) is 7.58. The summed E-state index contributed by atoms with van der Waals surface area (Å²) in [5.74, 6) is 2.74. The molecule has 0 unspecified atom stereocenters. The summed E-state index contributed by atoms with van der Waals surface area (Å²) in [6.07, 6.45) is 10.8. The van der Waals surface area contributed by atoms with E-state index in [1.54, 1.807) is 0 Å². The molecule has 136 valence electrons. The summed E-state index contributed by atoms with van der Waals surface area (Å²) in [6.45, 7) is 6.30. The average Bonchev–Trinajstić information content (AvgIpc) is 2.78. The predicted molar refractivity (Wildman–Crippen MR) is 93.3 cm³/mol. The highest BCUT2D eigenvalue weighted by Gasteiger charge is 2.62. The zero-order valence-electron chi connectivity index (χ0n) is 15.6. The summed E-state index contributed by atoms with van der Waals surface area (Å²) in [5.41, 5.74) is 0.464. The van der Waals surface area contributed by atoms with Crippen molar-refractivity contribution in [2.24, 2.45) is 34.5 Å². The third-order valence-electron chi connectivity index (χ3n) is 8.85. The van der Waals surface area contributed by atoms with Gasteiger partial charge in [0, 0.05) is 12.3 Å². The number of carbonyl (C=O) groups is 1. The molecule has 0 saturated heterocycles. The van der Waals surface area contributed by atoms with E-state index >= 15 is 0 Å². The van der Waals surface area contributed by atoms with Gasteiger partial charge in [-0.25, -0.2) is 0 Å². The van der Waals surface area contributed by atoms with Crippen LogP contribution in [0.2, 0.25) is 0 Å². The number of ether oxygens (including phenoxy) is 1. The SMILES string of the molecule is CC(=O)O[C@@H]1C[C@@H]2[C@@H]3CC[C@H]4CCCC[C@]4(C)[C@@H]3CC[C@@]2(C)[C@@H]1O. The van der Waals surface area contributed by atoms with Crippen molar-refractivity contribution in [3.05, 3.63) is 0 Å². The maximum Gasteiger partial charge on any atom is 0.302 e. The number of carbonyl (C=O) groups excluding carboxylic acids is 1. The normalized spacial score (nSPS) is 53.7. The summed E-state index contributed by atoms with van der Waals surface area (Å²) < 4.78 is 5.50. The van der Waals surface area contributed by atoms with E-state index in [4.69, 9.17) is 4.74 Å². The third kappa shape index (κ3) is 2.29. The van der Waals surface area contributed by atoms with Crippen LogP contribution >= 0.6 is 0 Å². The summed E-state index contributed by atoms with van der Waals surface area (Å²) in [5, 5.41) is 10.9. The molecule has 0 amide bonds. The lowest BCUT2D eigenvalue weighted by atomic mass is 9.45. The van der Waals surface area contributed by atoms with Crippen LogP contribution in [0.25, 0.3) is 0 Å². The lowest BCUT2D eigenvalue weighted by molar-refractivity contribution is -0.154. The molecule has 24 heavy (non-hydrogen) atoms. The lowest BCUT2D eigenvalue weighted by Gasteiger charge is -2.60. The van der Waals surface area contributed by atoms with Gasteiger partial charge in [0.25, 0.3) is 0 Å². The van der Waals surface area contributed by atoms with E-state index in [9.17, 15) is 9.90 Å². The molecule has 4 rings (SSSR count). The fourth-order valence-electron chi connectivity index (χ4n) is 7.58. The molecule has 0 heterocycles. The summed E-state index contributed by atoms with van der Waals surface area (Å²) in [7, 11) is 0. The molecule has 0 radical (unpaired) electrons. The van der Waals surface area contributed by atoms with Crippen molar-refractivity contribution in [1.29, 1.82) is 0 Å². The first kappa shape index (κ1) is 16.9. The first-order valence-corrected chi connectivity index (χ1v) is 10.2. The van der Waals surface area contributed by atoms with E-state index in [-0.39, 0.29) is 17.5 Å². The quantitative estimate of drug-likeness (QED) is 0.726. The van der Waals surface area contributed by atoms with Crippen molar-refractivity contribution < 1.29 is 14.6 Å². The van der Waals surface area contributed by atoms with Gasteiger partial charge in [-0.05, 0) is 74.0 Å². The first-order valence-electron chi connectivity index (χ1n) is 10.2. The van der Waals surface area contributed by atoms with Gasteiger partial charge < -0.3 is 9.84 Å². The number of hydrogen-bond acceptors (Lipinski definition) is 3. The van der Waals surface area contributed by atoms with Crippen molar-refractivity contribution in [2.75, 3.05) is 0 Å². The molecule has 0 spiro atoms. The molecule has 0 aromatic carbocycles. The van der Waals surface area contributed by atoms with Gasteiger partial charge in [-0.3, -0.25) is 4.79 Å². The number of aliphatic hydroxyl groups excluding tert-OH is 1. The minimum atomic E-state index is -0.482. The monoisotopic (exact) mass is 334 g/mol. The van der Waals surface area contributed by atoms with Crippen LogP contribution in [0, 0.1) is 34.5 Å². The number of esters is 1. The molecule has 8 atom stereocenters.